The Balaban J connectivity index is 0.00000220. The van der Waals surface area contributed by atoms with E-state index in [9.17, 15) is 13.2 Å². The van der Waals surface area contributed by atoms with Gasteiger partial charge in [0.25, 0.3) is 0 Å². The van der Waals surface area contributed by atoms with E-state index in [1.807, 2.05) is 31.2 Å². The molecule has 1 saturated heterocycles. The Morgan fingerprint density at radius 3 is 2.38 bits per heavy atom. The minimum atomic E-state index is -4.09. The topological polar surface area (TPSA) is 15.3 Å². The predicted octanol–water partition coefficient (Wildman–Crippen LogP) is 3.71. The van der Waals surface area contributed by atoms with Crippen LogP contribution in [0.1, 0.15) is 30.0 Å². The number of hydrogen-bond acceptors (Lipinski definition) is 2. The van der Waals surface area contributed by atoms with Gasteiger partial charge in [0.2, 0.25) is 0 Å². The van der Waals surface area contributed by atoms with Crippen LogP contribution in [0.25, 0.3) is 0 Å². The first-order valence-corrected chi connectivity index (χ1v) is 7.04. The summed E-state index contributed by atoms with van der Waals surface area (Å²) in [4.78, 5) is 2.17. The summed E-state index contributed by atoms with van der Waals surface area (Å²) in [6.45, 7) is 5.26. The van der Waals surface area contributed by atoms with Gasteiger partial charge in [0.05, 0.1) is 0 Å². The zero-order chi connectivity index (χ0) is 14.6. The first-order valence-electron chi connectivity index (χ1n) is 7.04. The van der Waals surface area contributed by atoms with Crippen molar-refractivity contribution in [2.24, 2.45) is 0 Å². The van der Waals surface area contributed by atoms with Crippen LogP contribution >= 0.6 is 12.4 Å². The third kappa shape index (κ3) is 5.49. The first-order chi connectivity index (χ1) is 9.47. The molecule has 2 rings (SSSR count). The summed E-state index contributed by atoms with van der Waals surface area (Å²) in [5.41, 5.74) is 2.09. The molecule has 0 radical (unpaired) electrons. The van der Waals surface area contributed by atoms with Crippen molar-refractivity contribution in [3.63, 3.8) is 0 Å². The SMILES string of the molecule is Cc1ccccc1[C@H](CCC(F)(F)F)N1CCNCC1.Cl. The molecule has 0 spiro atoms. The fourth-order valence-corrected chi connectivity index (χ4v) is 2.79. The number of nitrogens with zero attached hydrogens (tertiary/aromatic N) is 1. The zero-order valence-electron chi connectivity index (χ0n) is 12.1. The summed E-state index contributed by atoms with van der Waals surface area (Å²) < 4.78 is 37.7. The monoisotopic (exact) mass is 322 g/mol. The van der Waals surface area contributed by atoms with Crippen molar-refractivity contribution in [2.45, 2.75) is 32.0 Å². The number of aryl methyl sites for hydroxylation is 1. The Labute approximate surface area is 130 Å². The number of halogens is 4. The summed E-state index contributed by atoms with van der Waals surface area (Å²) in [6.07, 6.45) is -4.68. The van der Waals surface area contributed by atoms with Gasteiger partial charge in [-0.3, -0.25) is 4.90 Å². The van der Waals surface area contributed by atoms with E-state index >= 15 is 0 Å². The molecule has 0 aromatic heterocycles. The highest BCUT2D eigenvalue weighted by atomic mass is 35.5. The average molecular weight is 323 g/mol. The highest BCUT2D eigenvalue weighted by Gasteiger charge is 2.31. The number of piperazine rings is 1. The lowest BCUT2D eigenvalue weighted by Gasteiger charge is -2.36. The molecule has 1 aromatic rings. The van der Waals surface area contributed by atoms with Crippen molar-refractivity contribution in [3.05, 3.63) is 35.4 Å². The largest absolute Gasteiger partial charge is 0.389 e. The lowest BCUT2D eigenvalue weighted by Crippen LogP contribution is -2.45. The number of rotatable bonds is 4. The fourth-order valence-electron chi connectivity index (χ4n) is 2.79. The van der Waals surface area contributed by atoms with Gasteiger partial charge in [0, 0.05) is 38.6 Å². The van der Waals surface area contributed by atoms with E-state index in [1.54, 1.807) is 0 Å². The lowest BCUT2D eigenvalue weighted by atomic mass is 9.95. The lowest BCUT2D eigenvalue weighted by molar-refractivity contribution is -0.138. The fraction of sp³-hybridized carbons (Fsp3) is 0.600. The van der Waals surface area contributed by atoms with E-state index in [-0.39, 0.29) is 24.9 Å². The standard InChI is InChI=1S/C15H21F3N2.ClH/c1-12-4-2-3-5-13(12)14(6-7-15(16,17)18)20-10-8-19-9-11-20;/h2-5,14,19H,6-11H2,1H3;1H/t14-;/m0./s1. The molecule has 0 unspecified atom stereocenters. The van der Waals surface area contributed by atoms with Crippen LogP contribution in [-0.4, -0.2) is 37.3 Å². The minimum absolute atomic E-state index is 0. The van der Waals surface area contributed by atoms with Gasteiger partial charge in [-0.15, -0.1) is 12.4 Å². The first kappa shape index (κ1) is 18.3. The Hall–Kier alpha value is -0.780. The maximum absolute atomic E-state index is 12.6. The maximum Gasteiger partial charge on any atom is 0.389 e. The average Bonchev–Trinajstić information content (AvgIpc) is 2.41. The van der Waals surface area contributed by atoms with Gasteiger partial charge in [-0.05, 0) is 24.5 Å². The van der Waals surface area contributed by atoms with Crippen molar-refractivity contribution < 1.29 is 13.2 Å². The van der Waals surface area contributed by atoms with E-state index in [2.05, 4.69) is 10.2 Å². The molecule has 1 aliphatic rings. The smallest absolute Gasteiger partial charge is 0.314 e. The Morgan fingerprint density at radius 2 is 1.81 bits per heavy atom. The maximum atomic E-state index is 12.6. The third-order valence-electron chi connectivity index (χ3n) is 3.84. The zero-order valence-corrected chi connectivity index (χ0v) is 12.9. The summed E-state index contributed by atoms with van der Waals surface area (Å²) in [6, 6.07) is 7.62. The van der Waals surface area contributed by atoms with Gasteiger partial charge >= 0.3 is 6.18 Å². The van der Waals surface area contributed by atoms with Crippen LogP contribution < -0.4 is 5.32 Å². The minimum Gasteiger partial charge on any atom is -0.314 e. The molecule has 1 heterocycles. The van der Waals surface area contributed by atoms with Gasteiger partial charge in [0.1, 0.15) is 0 Å². The highest BCUT2D eigenvalue weighted by Crippen LogP contribution is 2.33. The quantitative estimate of drug-likeness (QED) is 0.909. The van der Waals surface area contributed by atoms with Gasteiger partial charge in [-0.2, -0.15) is 13.2 Å². The van der Waals surface area contributed by atoms with Crippen LogP contribution in [0.5, 0.6) is 0 Å². The molecular formula is C15H22ClF3N2. The number of benzene rings is 1. The molecule has 0 saturated carbocycles. The molecule has 120 valence electrons. The third-order valence-corrected chi connectivity index (χ3v) is 3.84. The van der Waals surface area contributed by atoms with Crippen LogP contribution in [0.3, 0.4) is 0 Å². The molecule has 1 N–H and O–H groups in total. The molecule has 6 heteroatoms. The van der Waals surface area contributed by atoms with Gasteiger partial charge < -0.3 is 5.32 Å². The molecule has 1 atom stereocenters. The van der Waals surface area contributed by atoms with Gasteiger partial charge in [-0.1, -0.05) is 24.3 Å². The normalized spacial score (nSPS) is 18.1. The van der Waals surface area contributed by atoms with Crippen LogP contribution in [0.2, 0.25) is 0 Å². The molecule has 1 fully saturated rings. The molecule has 1 aliphatic heterocycles. The van der Waals surface area contributed by atoms with Crippen molar-refractivity contribution in [3.8, 4) is 0 Å². The van der Waals surface area contributed by atoms with Crippen LogP contribution in [0, 0.1) is 6.92 Å². The summed E-state index contributed by atoms with van der Waals surface area (Å²) in [7, 11) is 0. The molecule has 2 nitrogen and oxygen atoms in total. The van der Waals surface area contributed by atoms with Crippen LogP contribution in [0.15, 0.2) is 24.3 Å². The molecule has 21 heavy (non-hydrogen) atoms. The van der Waals surface area contributed by atoms with E-state index in [4.69, 9.17) is 0 Å². The molecule has 0 bridgehead atoms. The predicted molar refractivity (Wildman–Crippen MR) is 80.9 cm³/mol. The number of alkyl halides is 3. The number of nitrogens with one attached hydrogen (secondary N) is 1. The van der Waals surface area contributed by atoms with E-state index < -0.39 is 12.6 Å². The van der Waals surface area contributed by atoms with Crippen LogP contribution in [-0.2, 0) is 0 Å². The molecule has 1 aromatic carbocycles. The Kier molecular flexibility index (Phi) is 6.97. The van der Waals surface area contributed by atoms with Crippen LogP contribution in [0.4, 0.5) is 13.2 Å². The molecule has 0 amide bonds. The molecular weight excluding hydrogens is 301 g/mol. The van der Waals surface area contributed by atoms with Crippen molar-refractivity contribution >= 4 is 12.4 Å². The van der Waals surface area contributed by atoms with E-state index in [0.29, 0.717) is 0 Å². The second-order valence-electron chi connectivity index (χ2n) is 5.31. The summed E-state index contributed by atoms with van der Waals surface area (Å²) in [5.74, 6) is 0. The van der Waals surface area contributed by atoms with Crippen molar-refractivity contribution in [1.29, 1.82) is 0 Å². The Morgan fingerprint density at radius 1 is 1.19 bits per heavy atom. The van der Waals surface area contributed by atoms with Crippen molar-refractivity contribution in [1.82, 2.24) is 10.2 Å². The van der Waals surface area contributed by atoms with Gasteiger partial charge in [0.15, 0.2) is 0 Å². The number of hydrogen-bond donors (Lipinski definition) is 1. The summed E-state index contributed by atoms with van der Waals surface area (Å²) >= 11 is 0. The van der Waals surface area contributed by atoms with Gasteiger partial charge in [-0.25, -0.2) is 0 Å². The second kappa shape index (κ2) is 8.01. The van der Waals surface area contributed by atoms with E-state index in [1.165, 1.54) is 0 Å². The Bertz CT molecular complexity index is 431. The van der Waals surface area contributed by atoms with E-state index in [0.717, 1.165) is 37.3 Å². The van der Waals surface area contributed by atoms with Crippen molar-refractivity contribution in [2.75, 3.05) is 26.2 Å². The highest BCUT2D eigenvalue weighted by molar-refractivity contribution is 5.85. The summed E-state index contributed by atoms with van der Waals surface area (Å²) in [5, 5.41) is 3.24. The molecule has 0 aliphatic carbocycles. The second-order valence-corrected chi connectivity index (χ2v) is 5.31.